The average Bonchev–Trinajstić information content (AvgIpc) is 2.86. The van der Waals surface area contributed by atoms with E-state index in [9.17, 15) is 4.39 Å². The molecule has 1 aliphatic rings. The van der Waals surface area contributed by atoms with Crippen LogP contribution in [0, 0.1) is 5.82 Å². The van der Waals surface area contributed by atoms with E-state index in [1.54, 1.807) is 6.07 Å². The van der Waals surface area contributed by atoms with Gasteiger partial charge in [0, 0.05) is 45.6 Å². The van der Waals surface area contributed by atoms with Gasteiger partial charge in [-0.25, -0.2) is 9.37 Å². The zero-order valence-electron chi connectivity index (χ0n) is 11.7. The van der Waals surface area contributed by atoms with Crippen LogP contribution in [0.3, 0.4) is 0 Å². The third-order valence-corrected chi connectivity index (χ3v) is 3.85. The van der Waals surface area contributed by atoms with Crippen LogP contribution in [0.2, 0.25) is 0 Å². The maximum atomic E-state index is 13.8. The summed E-state index contributed by atoms with van der Waals surface area (Å²) in [5, 5.41) is 0. The molecule has 0 amide bonds. The van der Waals surface area contributed by atoms with E-state index < -0.39 is 0 Å². The first-order chi connectivity index (χ1) is 9.74. The van der Waals surface area contributed by atoms with Crippen molar-refractivity contribution in [2.24, 2.45) is 7.05 Å². The van der Waals surface area contributed by atoms with E-state index in [1.807, 2.05) is 36.1 Å². The molecular formula is C15H19FN4. The van der Waals surface area contributed by atoms with E-state index >= 15 is 0 Å². The minimum absolute atomic E-state index is 0.134. The third kappa shape index (κ3) is 2.67. The molecule has 1 aromatic carbocycles. The predicted molar refractivity (Wildman–Crippen MR) is 77.1 cm³/mol. The Kier molecular flexibility index (Phi) is 3.69. The van der Waals surface area contributed by atoms with Crippen LogP contribution in [0.1, 0.15) is 5.82 Å². The Morgan fingerprint density at radius 3 is 2.55 bits per heavy atom. The second kappa shape index (κ2) is 5.63. The van der Waals surface area contributed by atoms with Crippen LogP contribution in [0.25, 0.3) is 0 Å². The van der Waals surface area contributed by atoms with Crippen molar-refractivity contribution < 1.29 is 4.39 Å². The van der Waals surface area contributed by atoms with Gasteiger partial charge in [-0.2, -0.15) is 0 Å². The standard InChI is InChI=1S/C15H19FN4/c1-18-7-6-17-15(18)12-19-8-10-20(11-9-19)14-5-3-2-4-13(14)16/h2-7H,8-12H2,1H3. The van der Waals surface area contributed by atoms with E-state index in [2.05, 4.69) is 14.8 Å². The van der Waals surface area contributed by atoms with Gasteiger partial charge < -0.3 is 9.47 Å². The fraction of sp³-hybridized carbons (Fsp3) is 0.400. The lowest BCUT2D eigenvalue weighted by molar-refractivity contribution is 0.241. The van der Waals surface area contributed by atoms with Crippen LogP contribution in [-0.4, -0.2) is 40.6 Å². The van der Waals surface area contributed by atoms with Crippen molar-refractivity contribution in [3.63, 3.8) is 0 Å². The molecule has 106 valence electrons. The maximum Gasteiger partial charge on any atom is 0.146 e. The number of hydrogen-bond donors (Lipinski definition) is 0. The van der Waals surface area contributed by atoms with Gasteiger partial charge in [0.15, 0.2) is 0 Å². The molecule has 0 bridgehead atoms. The van der Waals surface area contributed by atoms with Gasteiger partial charge in [-0.1, -0.05) is 12.1 Å². The second-order valence-corrected chi connectivity index (χ2v) is 5.17. The van der Waals surface area contributed by atoms with Crippen molar-refractivity contribution in [3.05, 3.63) is 48.3 Å². The number of para-hydroxylation sites is 1. The van der Waals surface area contributed by atoms with E-state index in [0.29, 0.717) is 5.69 Å². The molecule has 5 heteroatoms. The molecule has 1 aliphatic heterocycles. The Morgan fingerprint density at radius 2 is 1.90 bits per heavy atom. The number of aryl methyl sites for hydroxylation is 1. The highest BCUT2D eigenvalue weighted by atomic mass is 19.1. The van der Waals surface area contributed by atoms with Crippen LogP contribution < -0.4 is 4.90 Å². The maximum absolute atomic E-state index is 13.8. The second-order valence-electron chi connectivity index (χ2n) is 5.17. The quantitative estimate of drug-likeness (QED) is 0.854. The molecule has 0 atom stereocenters. The summed E-state index contributed by atoms with van der Waals surface area (Å²) in [6.45, 7) is 4.42. The van der Waals surface area contributed by atoms with Gasteiger partial charge in [0.2, 0.25) is 0 Å². The topological polar surface area (TPSA) is 24.3 Å². The van der Waals surface area contributed by atoms with E-state index in [4.69, 9.17) is 0 Å². The van der Waals surface area contributed by atoms with Gasteiger partial charge in [0.05, 0.1) is 12.2 Å². The summed E-state index contributed by atoms with van der Waals surface area (Å²) in [5.41, 5.74) is 0.712. The molecular weight excluding hydrogens is 255 g/mol. The molecule has 0 saturated carbocycles. The van der Waals surface area contributed by atoms with Gasteiger partial charge >= 0.3 is 0 Å². The molecule has 2 aromatic rings. The van der Waals surface area contributed by atoms with Crippen LogP contribution in [0.4, 0.5) is 10.1 Å². The smallest absolute Gasteiger partial charge is 0.146 e. The van der Waals surface area contributed by atoms with Crippen LogP contribution in [0.15, 0.2) is 36.7 Å². The van der Waals surface area contributed by atoms with Crippen LogP contribution in [-0.2, 0) is 13.6 Å². The number of anilines is 1. The van der Waals surface area contributed by atoms with Gasteiger partial charge in [-0.05, 0) is 12.1 Å². The molecule has 1 fully saturated rings. The summed E-state index contributed by atoms with van der Waals surface area (Å²) < 4.78 is 15.8. The third-order valence-electron chi connectivity index (χ3n) is 3.85. The molecule has 0 radical (unpaired) electrons. The summed E-state index contributed by atoms with van der Waals surface area (Å²) >= 11 is 0. The molecule has 0 aliphatic carbocycles. The number of rotatable bonds is 3. The Morgan fingerprint density at radius 1 is 1.15 bits per heavy atom. The molecule has 0 spiro atoms. The lowest BCUT2D eigenvalue weighted by Gasteiger charge is -2.36. The Bertz CT molecular complexity index is 573. The van der Waals surface area contributed by atoms with Gasteiger partial charge in [-0.3, -0.25) is 4.90 Å². The molecule has 1 saturated heterocycles. The molecule has 20 heavy (non-hydrogen) atoms. The first-order valence-corrected chi connectivity index (χ1v) is 6.92. The van der Waals surface area contributed by atoms with Crippen molar-refractivity contribution in [2.45, 2.75) is 6.54 Å². The minimum atomic E-state index is -0.134. The van der Waals surface area contributed by atoms with E-state index in [1.165, 1.54) is 6.07 Å². The molecule has 0 unspecified atom stereocenters. The molecule has 0 N–H and O–H groups in total. The summed E-state index contributed by atoms with van der Waals surface area (Å²) in [7, 11) is 2.01. The molecule has 3 rings (SSSR count). The number of imidazole rings is 1. The summed E-state index contributed by atoms with van der Waals surface area (Å²) in [6.07, 6.45) is 3.79. The zero-order chi connectivity index (χ0) is 13.9. The zero-order valence-corrected chi connectivity index (χ0v) is 11.7. The number of benzene rings is 1. The predicted octanol–water partition coefficient (Wildman–Crippen LogP) is 1.88. The number of aromatic nitrogens is 2. The summed E-state index contributed by atoms with van der Waals surface area (Å²) in [5.74, 6) is 0.939. The normalized spacial score (nSPS) is 16.6. The SMILES string of the molecule is Cn1ccnc1CN1CCN(c2ccccc2F)CC1. The number of piperazine rings is 1. The Labute approximate surface area is 118 Å². The van der Waals surface area contributed by atoms with E-state index in [-0.39, 0.29) is 5.82 Å². The highest BCUT2D eigenvalue weighted by Gasteiger charge is 2.20. The lowest BCUT2D eigenvalue weighted by atomic mass is 10.2. The summed E-state index contributed by atoms with van der Waals surface area (Å²) in [4.78, 5) is 8.82. The highest BCUT2D eigenvalue weighted by molar-refractivity contribution is 5.47. The Balaban J connectivity index is 1.60. The monoisotopic (exact) mass is 274 g/mol. The first kappa shape index (κ1) is 13.1. The van der Waals surface area contributed by atoms with Gasteiger partial charge in [-0.15, -0.1) is 0 Å². The summed E-state index contributed by atoms with van der Waals surface area (Å²) in [6, 6.07) is 6.99. The Hall–Kier alpha value is -1.88. The average molecular weight is 274 g/mol. The van der Waals surface area contributed by atoms with Crippen molar-refractivity contribution in [3.8, 4) is 0 Å². The number of nitrogens with zero attached hydrogens (tertiary/aromatic N) is 4. The first-order valence-electron chi connectivity index (χ1n) is 6.92. The minimum Gasteiger partial charge on any atom is -0.367 e. The van der Waals surface area contributed by atoms with Crippen LogP contribution in [0.5, 0.6) is 0 Å². The molecule has 4 nitrogen and oxygen atoms in total. The van der Waals surface area contributed by atoms with Crippen molar-refractivity contribution in [2.75, 3.05) is 31.1 Å². The number of halogens is 1. The van der Waals surface area contributed by atoms with Gasteiger partial charge in [0.25, 0.3) is 0 Å². The van der Waals surface area contributed by atoms with Crippen molar-refractivity contribution in [1.82, 2.24) is 14.5 Å². The van der Waals surface area contributed by atoms with E-state index in [0.717, 1.165) is 38.5 Å². The fourth-order valence-electron chi connectivity index (χ4n) is 2.60. The highest BCUT2D eigenvalue weighted by Crippen LogP contribution is 2.20. The molecule has 2 heterocycles. The van der Waals surface area contributed by atoms with Crippen LogP contribution >= 0.6 is 0 Å². The molecule has 1 aromatic heterocycles. The lowest BCUT2D eigenvalue weighted by Crippen LogP contribution is -2.46. The fourth-order valence-corrected chi connectivity index (χ4v) is 2.60. The van der Waals surface area contributed by atoms with Gasteiger partial charge in [0.1, 0.15) is 11.6 Å². The van der Waals surface area contributed by atoms with Crippen molar-refractivity contribution >= 4 is 5.69 Å². The number of hydrogen-bond acceptors (Lipinski definition) is 3. The van der Waals surface area contributed by atoms with Crippen molar-refractivity contribution in [1.29, 1.82) is 0 Å². The largest absolute Gasteiger partial charge is 0.367 e.